The summed E-state index contributed by atoms with van der Waals surface area (Å²) in [4.78, 5) is 46.9. The van der Waals surface area contributed by atoms with Crippen molar-refractivity contribution >= 4 is 124 Å². The van der Waals surface area contributed by atoms with Gasteiger partial charge in [0.05, 0.1) is 41.9 Å². The number of carboxylic acids is 1. The maximum atomic E-state index is 12.3. The average Bonchev–Trinajstić information content (AvgIpc) is 3.24. The average molecular weight is 1250 g/mol. The van der Waals surface area contributed by atoms with Crippen molar-refractivity contribution in [1.82, 2.24) is 0 Å². The molecule has 4 heterocycles. The van der Waals surface area contributed by atoms with Crippen molar-refractivity contribution in [3.8, 4) is 0 Å². The van der Waals surface area contributed by atoms with Gasteiger partial charge in [0.1, 0.15) is 0 Å². The molecule has 0 radical (unpaired) electrons. The Balaban J connectivity index is 0.000000964. The van der Waals surface area contributed by atoms with Gasteiger partial charge in [0, 0.05) is 32.9 Å². The summed E-state index contributed by atoms with van der Waals surface area (Å²) in [5, 5.41) is 10.7. The molecule has 424 valence electrons. The van der Waals surface area contributed by atoms with Crippen LogP contribution < -0.4 is 29.6 Å². The van der Waals surface area contributed by atoms with Crippen LogP contribution in [-0.4, -0.2) is 84.2 Å². The van der Waals surface area contributed by atoms with Gasteiger partial charge in [0.2, 0.25) is 5.24 Å². The number of aromatic carboxylic acids is 1. The molecule has 4 aromatic rings. The number of Topliss-reactive ketones (excluding diaryl/α,β-unsaturated/α-hetero) is 2. The molecule has 4 aliphatic heterocycles. The number of thioether (sulfide) groups is 2. The minimum atomic E-state index is -3.39. The van der Waals surface area contributed by atoms with Crippen molar-refractivity contribution in [2.24, 2.45) is 0 Å². The Morgan fingerprint density at radius 1 is 0.519 bits per heavy atom. The number of carboxylic acid groups (broad SMARTS) is 1. The number of rotatable bonds is 3. The van der Waals surface area contributed by atoms with Gasteiger partial charge in [-0.2, -0.15) is 0 Å². The molecule has 0 atom stereocenters. The summed E-state index contributed by atoms with van der Waals surface area (Å²) in [6.45, 7) is 28.6. The van der Waals surface area contributed by atoms with Crippen molar-refractivity contribution in [1.29, 1.82) is 0 Å². The SMILES string of the molecule is CC(=O)Cl.CC(=O)c1cc(C)c2c(c1Cl)C(C)(C)CCS2.CC(=O)c1cc(C)c2c(c1Cl)C(C)(C)CCS2(=O)=O.Cc1cc(C(=O)O)c(Cl)c2c1S(=O)(=O)CCC2(C)C.Cc1ccc(Cl)c2c1SCCC2(C)C.O.O.[Na+].[OH-]. The van der Waals surface area contributed by atoms with Crippen LogP contribution in [0.2, 0.25) is 20.1 Å². The van der Waals surface area contributed by atoms with Gasteiger partial charge in [-0.1, -0.05) is 108 Å². The van der Waals surface area contributed by atoms with Crippen LogP contribution in [0, 0.1) is 27.7 Å². The van der Waals surface area contributed by atoms with Crippen LogP contribution in [0.3, 0.4) is 0 Å². The third-order valence-electron chi connectivity index (χ3n) is 13.8. The number of hydrogen-bond acceptors (Lipinski definition) is 11. The van der Waals surface area contributed by atoms with Crippen LogP contribution in [0.5, 0.6) is 0 Å². The van der Waals surface area contributed by atoms with E-state index in [1.54, 1.807) is 26.8 Å². The second kappa shape index (κ2) is 28.5. The molecule has 0 saturated heterocycles. The third kappa shape index (κ3) is 17.0. The van der Waals surface area contributed by atoms with Gasteiger partial charge >= 0.3 is 35.5 Å². The zero-order valence-electron chi connectivity index (χ0n) is 46.7. The van der Waals surface area contributed by atoms with E-state index in [1.165, 1.54) is 64.1 Å². The predicted molar refractivity (Wildman–Crippen MR) is 314 cm³/mol. The maximum absolute atomic E-state index is 12.3. The number of aryl methyl sites for hydroxylation is 4. The van der Waals surface area contributed by atoms with Crippen molar-refractivity contribution < 1.29 is 87.1 Å². The number of halogens is 5. The van der Waals surface area contributed by atoms with Crippen LogP contribution in [0.15, 0.2) is 49.9 Å². The fraction of sp³-hybridized carbons (Fsp3) is 0.491. The molecule has 0 bridgehead atoms. The van der Waals surface area contributed by atoms with E-state index in [4.69, 9.17) is 51.5 Å². The molecule has 0 saturated carbocycles. The van der Waals surface area contributed by atoms with E-state index in [-0.39, 0.29) is 106 Å². The molecule has 4 aliphatic rings. The summed E-state index contributed by atoms with van der Waals surface area (Å²) in [5.41, 5.74) is 7.71. The second-order valence-corrected chi connectivity index (χ2v) is 30.0. The number of sulfone groups is 2. The van der Waals surface area contributed by atoms with Crippen molar-refractivity contribution in [3.63, 3.8) is 0 Å². The van der Waals surface area contributed by atoms with Gasteiger partial charge in [0.25, 0.3) is 0 Å². The number of carbonyl (C=O) groups excluding carboxylic acids is 3. The molecule has 0 spiro atoms. The Morgan fingerprint density at radius 3 is 1.19 bits per heavy atom. The van der Waals surface area contributed by atoms with E-state index < -0.39 is 31.1 Å². The third-order valence-corrected chi connectivity index (χ3v) is 21.5. The van der Waals surface area contributed by atoms with Crippen molar-refractivity contribution in [2.45, 2.75) is 171 Å². The molecule has 0 unspecified atom stereocenters. The minimum absolute atomic E-state index is 0. The Bertz CT molecular complexity index is 3010. The zero-order valence-corrected chi connectivity index (χ0v) is 55.8. The van der Waals surface area contributed by atoms with Gasteiger partial charge in [-0.3, -0.25) is 14.4 Å². The summed E-state index contributed by atoms with van der Waals surface area (Å²) in [5.74, 6) is 1.29. The summed E-state index contributed by atoms with van der Waals surface area (Å²) in [7, 11) is -6.69. The maximum Gasteiger partial charge on any atom is 1.00 e. The predicted octanol–water partition coefficient (Wildman–Crippen LogP) is 11.1. The van der Waals surface area contributed by atoms with E-state index >= 15 is 0 Å². The first-order valence-corrected chi connectivity index (χ1v) is 30.8. The Hall–Kier alpha value is -1.71. The molecule has 8 rings (SSSR count). The van der Waals surface area contributed by atoms with Gasteiger partial charge in [0.15, 0.2) is 31.2 Å². The van der Waals surface area contributed by atoms with Gasteiger partial charge < -0.3 is 21.5 Å². The number of fused-ring (bicyclic) bond motifs is 4. The molecule has 22 heteroatoms. The molecular weight excluding hydrogens is 1180 g/mol. The number of ketones is 2. The van der Waals surface area contributed by atoms with Crippen molar-refractivity contribution in [2.75, 3.05) is 23.0 Å². The van der Waals surface area contributed by atoms with Crippen molar-refractivity contribution in [3.05, 3.63) is 112 Å². The molecule has 0 amide bonds. The number of hydrogen-bond donors (Lipinski definition) is 1. The minimum Gasteiger partial charge on any atom is -0.870 e. The second-order valence-electron chi connectivity index (χ2n) is 21.6. The summed E-state index contributed by atoms with van der Waals surface area (Å²) < 4.78 is 49.0. The fourth-order valence-corrected chi connectivity index (χ4v) is 19.5. The Labute approximate surface area is 511 Å². The van der Waals surface area contributed by atoms with Crippen LogP contribution in [0.25, 0.3) is 0 Å². The first kappa shape index (κ1) is 75.3. The molecule has 0 fully saturated rings. The molecule has 0 aromatic heterocycles. The van der Waals surface area contributed by atoms with E-state index in [9.17, 15) is 36.0 Å². The standard InChI is InChI=1S/C14H17ClO3S.C14H17ClOS.C13H15ClO4S.C12H15ClS.C2H3ClO.Na.3H2O/c1-8-7-10(9(2)16)12(15)11-13(8)19(17,18)6-5-14(11,3)4;1-8-7-10(9(2)16)12(15)11-13(8)17-6-5-14(11,3)4;1-7-6-8(12(15)16)10(14)9-11(7)19(17,18)5-4-13(9,2)3;1-8-4-5-9(13)10-11(8)14-7-6-12(10,2)3;1-2(3)4;;;;/h7H,5-6H2,1-4H3;7H,5-6H2,1-4H3;6H,4-5H2,1-3H3,(H,15,16);4-5H,6-7H2,1-3H3;1H3;;3*1H2/q;;;;;+1;;;/p-1. The number of benzene rings is 4. The summed E-state index contributed by atoms with van der Waals surface area (Å²) in [6.07, 6.45) is 3.27. The van der Waals surface area contributed by atoms with E-state index in [0.29, 0.717) is 61.2 Å². The molecule has 4 aromatic carbocycles. The quantitative estimate of drug-likeness (QED) is 0.114. The Kier molecular flexibility index (Phi) is 27.9. The smallest absolute Gasteiger partial charge is 0.870 e. The van der Waals surface area contributed by atoms with E-state index in [1.807, 2.05) is 63.4 Å². The van der Waals surface area contributed by atoms with Gasteiger partial charge in [-0.05, 0) is 181 Å². The molecule has 77 heavy (non-hydrogen) atoms. The van der Waals surface area contributed by atoms with Crippen LogP contribution in [0.1, 0.15) is 177 Å². The first-order chi connectivity index (χ1) is 33.3. The largest absolute Gasteiger partial charge is 1.00 e. The Morgan fingerprint density at radius 2 is 0.831 bits per heavy atom. The zero-order chi connectivity index (χ0) is 55.9. The summed E-state index contributed by atoms with van der Waals surface area (Å²) in [6, 6.07) is 9.00. The number of carbonyl (C=O) groups is 4. The summed E-state index contributed by atoms with van der Waals surface area (Å²) >= 11 is 33.6. The first-order valence-electron chi connectivity index (χ1n) is 23.7. The monoisotopic (exact) mass is 1250 g/mol. The van der Waals surface area contributed by atoms with Crippen LogP contribution >= 0.6 is 81.5 Å². The fourth-order valence-electron chi connectivity index (χ4n) is 9.58. The molecule has 6 N–H and O–H groups in total. The van der Waals surface area contributed by atoms with Gasteiger partial charge in [-0.15, -0.1) is 23.5 Å². The molecule has 0 aliphatic carbocycles. The molecule has 12 nitrogen and oxygen atoms in total. The van der Waals surface area contributed by atoms with Gasteiger partial charge in [-0.25, -0.2) is 21.6 Å². The van der Waals surface area contributed by atoms with E-state index in [2.05, 4.69) is 59.2 Å². The van der Waals surface area contributed by atoms with Crippen LogP contribution in [-0.2, 0) is 46.1 Å². The molecular formula is C55H72Cl5NaO12S4. The van der Waals surface area contributed by atoms with Crippen LogP contribution in [0.4, 0.5) is 0 Å². The topological polar surface area (TPSA) is 250 Å². The van der Waals surface area contributed by atoms with E-state index in [0.717, 1.165) is 17.2 Å². The normalized spacial score (nSPS) is 17.5.